The first-order valence-electron chi connectivity index (χ1n) is 8.74. The molecular weight excluding hydrogens is 264 g/mol. The minimum absolute atomic E-state index is 0.205. The third kappa shape index (κ3) is 3.98. The molecule has 1 heterocycles. The lowest BCUT2D eigenvalue weighted by Crippen LogP contribution is -2.64. The van der Waals surface area contributed by atoms with Gasteiger partial charge in [0.15, 0.2) is 0 Å². The smallest absolute Gasteiger partial charge is 0.325 e. The molecule has 122 valence electrons. The summed E-state index contributed by atoms with van der Waals surface area (Å²) in [6.45, 7) is 8.08. The van der Waals surface area contributed by atoms with Crippen LogP contribution in [-0.2, 0) is 4.79 Å². The lowest BCUT2D eigenvalue weighted by atomic mass is 9.88. The number of rotatable bonds is 8. The average molecular weight is 296 g/mol. The van der Waals surface area contributed by atoms with Crippen molar-refractivity contribution in [2.24, 2.45) is 5.92 Å². The molecule has 0 aromatic heterocycles. The first kappa shape index (κ1) is 16.8. The molecule has 4 nitrogen and oxygen atoms in total. The second kappa shape index (κ2) is 7.10. The van der Waals surface area contributed by atoms with Crippen LogP contribution in [0.15, 0.2) is 0 Å². The first-order valence-corrected chi connectivity index (χ1v) is 8.74. The van der Waals surface area contributed by atoms with Crippen LogP contribution in [0.4, 0.5) is 0 Å². The minimum Gasteiger partial charge on any atom is -0.480 e. The van der Waals surface area contributed by atoms with E-state index in [0.717, 1.165) is 19.4 Å². The summed E-state index contributed by atoms with van der Waals surface area (Å²) in [6.07, 6.45) is 8.22. The van der Waals surface area contributed by atoms with Gasteiger partial charge >= 0.3 is 5.97 Å². The lowest BCUT2D eigenvalue weighted by molar-refractivity contribution is -0.148. The number of piperidine rings is 1. The Morgan fingerprint density at radius 1 is 1.33 bits per heavy atom. The number of likely N-dealkylation sites (tertiary alicyclic amines) is 1. The maximum absolute atomic E-state index is 12.1. The zero-order chi connectivity index (χ0) is 15.5. The maximum atomic E-state index is 12.1. The molecule has 2 atom stereocenters. The molecule has 0 bridgehead atoms. The van der Waals surface area contributed by atoms with Gasteiger partial charge in [-0.2, -0.15) is 0 Å². The van der Waals surface area contributed by atoms with Crippen molar-refractivity contribution in [1.29, 1.82) is 0 Å². The highest BCUT2D eigenvalue weighted by atomic mass is 16.4. The molecule has 1 aliphatic carbocycles. The van der Waals surface area contributed by atoms with Gasteiger partial charge in [-0.1, -0.05) is 19.8 Å². The van der Waals surface area contributed by atoms with E-state index in [1.54, 1.807) is 0 Å². The Morgan fingerprint density at radius 3 is 2.57 bits per heavy atom. The van der Waals surface area contributed by atoms with E-state index in [4.69, 9.17) is 0 Å². The van der Waals surface area contributed by atoms with E-state index in [1.165, 1.54) is 32.1 Å². The van der Waals surface area contributed by atoms with Gasteiger partial charge in [0.1, 0.15) is 5.54 Å². The van der Waals surface area contributed by atoms with Crippen molar-refractivity contribution in [3.05, 3.63) is 0 Å². The fourth-order valence-electron chi connectivity index (χ4n) is 3.94. The average Bonchev–Trinajstić information content (AvgIpc) is 3.24. The van der Waals surface area contributed by atoms with Gasteiger partial charge in [0.25, 0.3) is 0 Å². The van der Waals surface area contributed by atoms with Gasteiger partial charge in [0, 0.05) is 18.6 Å². The van der Waals surface area contributed by atoms with Crippen LogP contribution >= 0.6 is 0 Å². The highest BCUT2D eigenvalue weighted by Crippen LogP contribution is 2.41. The molecule has 0 amide bonds. The van der Waals surface area contributed by atoms with E-state index >= 15 is 0 Å². The quantitative estimate of drug-likeness (QED) is 0.723. The second-order valence-corrected chi connectivity index (χ2v) is 7.26. The number of carboxylic acids is 1. The Morgan fingerprint density at radius 2 is 2.05 bits per heavy atom. The molecule has 0 spiro atoms. The van der Waals surface area contributed by atoms with E-state index in [0.29, 0.717) is 18.5 Å². The molecule has 1 saturated heterocycles. The number of nitrogens with zero attached hydrogens (tertiary/aromatic N) is 1. The van der Waals surface area contributed by atoms with Crippen LogP contribution in [0.1, 0.15) is 65.7 Å². The molecule has 2 N–H and O–H groups in total. The number of carboxylic acid groups (broad SMARTS) is 1. The molecule has 1 aliphatic heterocycles. The van der Waals surface area contributed by atoms with Gasteiger partial charge in [0.05, 0.1) is 0 Å². The molecular formula is C17H32N2O2. The molecule has 2 aliphatic rings. The summed E-state index contributed by atoms with van der Waals surface area (Å²) in [4.78, 5) is 14.6. The Kier molecular flexibility index (Phi) is 5.67. The van der Waals surface area contributed by atoms with E-state index in [2.05, 4.69) is 31.0 Å². The summed E-state index contributed by atoms with van der Waals surface area (Å²) in [5, 5.41) is 13.4. The summed E-state index contributed by atoms with van der Waals surface area (Å²) in [5.74, 6) is -0.346. The van der Waals surface area contributed by atoms with Gasteiger partial charge in [-0.25, -0.2) is 0 Å². The summed E-state index contributed by atoms with van der Waals surface area (Å²) < 4.78 is 0. The number of nitrogens with one attached hydrogen (secondary N) is 1. The fourth-order valence-corrected chi connectivity index (χ4v) is 3.94. The van der Waals surface area contributed by atoms with Crippen molar-refractivity contribution in [3.8, 4) is 0 Å². The van der Waals surface area contributed by atoms with Crippen molar-refractivity contribution >= 4 is 5.97 Å². The number of hydrogen-bond acceptors (Lipinski definition) is 3. The number of hydrogen-bond donors (Lipinski definition) is 2. The van der Waals surface area contributed by atoms with Gasteiger partial charge in [-0.15, -0.1) is 0 Å². The number of aliphatic carboxylic acids is 1. The fraction of sp³-hybridized carbons (Fsp3) is 0.941. The molecule has 21 heavy (non-hydrogen) atoms. The van der Waals surface area contributed by atoms with Crippen molar-refractivity contribution < 1.29 is 9.90 Å². The summed E-state index contributed by atoms with van der Waals surface area (Å²) in [5.41, 5.74) is -0.739. The molecule has 0 aromatic carbocycles. The molecule has 4 heteroatoms. The largest absolute Gasteiger partial charge is 0.480 e. The molecule has 0 aromatic rings. The van der Waals surface area contributed by atoms with Crippen LogP contribution in [0.5, 0.6) is 0 Å². The van der Waals surface area contributed by atoms with E-state index in [9.17, 15) is 9.90 Å². The summed E-state index contributed by atoms with van der Waals surface area (Å²) >= 11 is 0. The van der Waals surface area contributed by atoms with Crippen molar-refractivity contribution in [3.63, 3.8) is 0 Å². The first-order chi connectivity index (χ1) is 9.99. The van der Waals surface area contributed by atoms with Crippen molar-refractivity contribution in [1.82, 2.24) is 10.2 Å². The Balaban J connectivity index is 2.14. The normalized spacial score (nSPS) is 26.8. The van der Waals surface area contributed by atoms with Crippen LogP contribution in [0, 0.1) is 5.92 Å². The zero-order valence-corrected chi connectivity index (χ0v) is 13.9. The zero-order valence-electron chi connectivity index (χ0n) is 13.9. The lowest BCUT2D eigenvalue weighted by Gasteiger charge is -2.43. The van der Waals surface area contributed by atoms with E-state index in [1.807, 2.05) is 0 Å². The van der Waals surface area contributed by atoms with Crippen molar-refractivity contribution in [2.45, 2.75) is 83.3 Å². The predicted molar refractivity (Wildman–Crippen MR) is 85.5 cm³/mol. The van der Waals surface area contributed by atoms with Crippen LogP contribution in [-0.4, -0.2) is 46.7 Å². The van der Waals surface area contributed by atoms with Crippen molar-refractivity contribution in [2.75, 3.05) is 13.1 Å². The highest BCUT2D eigenvalue weighted by Gasteiger charge is 2.52. The van der Waals surface area contributed by atoms with Crippen LogP contribution in [0.3, 0.4) is 0 Å². The molecule has 0 radical (unpaired) electrons. The molecule has 2 fully saturated rings. The maximum Gasteiger partial charge on any atom is 0.325 e. The van der Waals surface area contributed by atoms with E-state index < -0.39 is 11.5 Å². The third-order valence-corrected chi connectivity index (χ3v) is 5.03. The molecule has 2 rings (SSSR count). The Hall–Kier alpha value is -0.610. The monoisotopic (exact) mass is 296 g/mol. The summed E-state index contributed by atoms with van der Waals surface area (Å²) in [6, 6.07) is 0.784. The molecule has 1 saturated carbocycles. The van der Waals surface area contributed by atoms with Gasteiger partial charge in [-0.3, -0.25) is 15.0 Å². The van der Waals surface area contributed by atoms with Crippen LogP contribution in [0.25, 0.3) is 0 Å². The minimum atomic E-state index is -0.739. The van der Waals surface area contributed by atoms with Gasteiger partial charge in [-0.05, 0) is 58.4 Å². The number of carbonyl (C=O) groups is 1. The molecule has 2 unspecified atom stereocenters. The van der Waals surface area contributed by atoms with Crippen LogP contribution in [0.2, 0.25) is 0 Å². The Bertz CT molecular complexity index is 353. The second-order valence-electron chi connectivity index (χ2n) is 7.26. The predicted octanol–water partition coefficient (Wildman–Crippen LogP) is 2.87. The summed E-state index contributed by atoms with van der Waals surface area (Å²) in [7, 11) is 0. The van der Waals surface area contributed by atoms with E-state index in [-0.39, 0.29) is 6.04 Å². The standard InChI is InChI=1S/C17H32N2O2/c1-4-7-15-8-5-6-11-19(15)12-17(16(20)21,14-9-10-14)18-13(2)3/h13-15,18H,4-12H2,1-3H3,(H,20,21). The Labute approximate surface area is 129 Å². The van der Waals surface area contributed by atoms with Gasteiger partial charge in [0.2, 0.25) is 0 Å². The highest BCUT2D eigenvalue weighted by molar-refractivity contribution is 5.80. The van der Waals surface area contributed by atoms with Crippen LogP contribution < -0.4 is 5.32 Å². The SMILES string of the molecule is CCCC1CCCCN1CC(NC(C)C)(C(=O)O)C1CC1. The topological polar surface area (TPSA) is 52.6 Å². The van der Waals surface area contributed by atoms with Gasteiger partial charge < -0.3 is 5.11 Å². The third-order valence-electron chi connectivity index (χ3n) is 5.03.